The molecule has 0 atom stereocenters. The van der Waals surface area contributed by atoms with E-state index in [1.54, 1.807) is 18.4 Å². The van der Waals surface area contributed by atoms with Crippen LogP contribution in [0.25, 0.3) is 20.8 Å². The molecule has 126 valence electrons. The van der Waals surface area contributed by atoms with E-state index in [0.717, 1.165) is 45.2 Å². The van der Waals surface area contributed by atoms with Crippen LogP contribution in [0.4, 0.5) is 5.69 Å². The van der Waals surface area contributed by atoms with Gasteiger partial charge < -0.3 is 19.9 Å². The molecule has 0 bridgehead atoms. The number of aliphatic hydroxyl groups is 1. The van der Waals surface area contributed by atoms with Crippen molar-refractivity contribution in [1.82, 2.24) is 4.98 Å². The van der Waals surface area contributed by atoms with Gasteiger partial charge in [-0.3, -0.25) is 0 Å². The molecule has 0 unspecified atom stereocenters. The molecule has 24 heavy (non-hydrogen) atoms. The number of rotatable bonds is 8. The van der Waals surface area contributed by atoms with Gasteiger partial charge in [0, 0.05) is 31.5 Å². The Bertz CT molecular complexity index is 787. The highest BCUT2D eigenvalue weighted by Crippen LogP contribution is 2.32. The van der Waals surface area contributed by atoms with E-state index < -0.39 is 0 Å². The predicted molar refractivity (Wildman–Crippen MR) is 97.8 cm³/mol. The lowest BCUT2D eigenvalue weighted by Crippen LogP contribution is -2.02. The summed E-state index contributed by atoms with van der Waals surface area (Å²) < 4.78 is 11.5. The summed E-state index contributed by atoms with van der Waals surface area (Å²) >= 11 is 1.64. The normalized spacial score (nSPS) is 10.9. The minimum absolute atomic E-state index is 0.201. The second-order valence-corrected chi connectivity index (χ2v) is 6.31. The van der Waals surface area contributed by atoms with E-state index in [0.29, 0.717) is 0 Å². The largest absolute Gasteiger partial charge is 0.468 e. The third kappa shape index (κ3) is 4.03. The fourth-order valence-electron chi connectivity index (χ4n) is 2.29. The number of nitrogens with zero attached hydrogens (tertiary/aromatic N) is 1. The van der Waals surface area contributed by atoms with E-state index in [4.69, 9.17) is 14.6 Å². The van der Waals surface area contributed by atoms with Crippen molar-refractivity contribution < 1.29 is 14.6 Å². The Morgan fingerprint density at radius 3 is 2.75 bits per heavy atom. The van der Waals surface area contributed by atoms with Gasteiger partial charge in [0.1, 0.15) is 10.8 Å². The Morgan fingerprint density at radius 1 is 1.17 bits per heavy atom. The number of thiazole rings is 1. The van der Waals surface area contributed by atoms with Gasteiger partial charge in [0.15, 0.2) is 6.79 Å². The van der Waals surface area contributed by atoms with Crippen LogP contribution in [0.15, 0.2) is 42.5 Å². The first kappa shape index (κ1) is 16.7. The van der Waals surface area contributed by atoms with Gasteiger partial charge in [-0.1, -0.05) is 0 Å². The molecule has 5 nitrogen and oxygen atoms in total. The zero-order valence-corrected chi connectivity index (χ0v) is 14.3. The molecular weight excluding hydrogens is 324 g/mol. The summed E-state index contributed by atoms with van der Waals surface area (Å²) in [4.78, 5) is 4.69. The standard InChI is InChI=1S/C18H20N2O3S/c1-22-12-23-15-7-8-16-17(11-15)24-18(20-16)13-3-5-14(6-4-13)19-9-2-10-21/h3-8,11,19,21H,2,9-10,12H2,1H3. The average Bonchev–Trinajstić information content (AvgIpc) is 3.04. The molecule has 3 aromatic rings. The molecule has 0 fully saturated rings. The first-order valence-corrected chi connectivity index (χ1v) is 8.59. The number of anilines is 1. The van der Waals surface area contributed by atoms with Gasteiger partial charge >= 0.3 is 0 Å². The fraction of sp³-hybridized carbons (Fsp3) is 0.278. The topological polar surface area (TPSA) is 63.6 Å². The molecule has 0 saturated carbocycles. The molecule has 0 aliphatic carbocycles. The van der Waals surface area contributed by atoms with Crippen LogP contribution in [0, 0.1) is 0 Å². The van der Waals surface area contributed by atoms with Gasteiger partial charge in [0.25, 0.3) is 0 Å². The number of hydrogen-bond donors (Lipinski definition) is 2. The van der Waals surface area contributed by atoms with Crippen molar-refractivity contribution in [3.63, 3.8) is 0 Å². The van der Waals surface area contributed by atoms with Gasteiger partial charge in [-0.25, -0.2) is 4.98 Å². The van der Waals surface area contributed by atoms with E-state index in [1.165, 1.54) is 0 Å². The van der Waals surface area contributed by atoms with Crippen molar-refractivity contribution in [2.24, 2.45) is 0 Å². The van der Waals surface area contributed by atoms with Gasteiger partial charge in [-0.05, 0) is 48.9 Å². The zero-order valence-electron chi connectivity index (χ0n) is 13.5. The molecule has 2 N–H and O–H groups in total. The Balaban J connectivity index is 1.76. The minimum Gasteiger partial charge on any atom is -0.468 e. The van der Waals surface area contributed by atoms with Gasteiger partial charge in [-0.2, -0.15) is 0 Å². The zero-order chi connectivity index (χ0) is 16.8. The van der Waals surface area contributed by atoms with Crippen molar-refractivity contribution in [2.75, 3.05) is 32.4 Å². The number of hydrogen-bond acceptors (Lipinski definition) is 6. The molecule has 1 heterocycles. The van der Waals surface area contributed by atoms with E-state index in [1.807, 2.05) is 30.3 Å². The molecular formula is C18H20N2O3S. The Labute approximate surface area is 144 Å². The van der Waals surface area contributed by atoms with Crippen molar-refractivity contribution in [3.05, 3.63) is 42.5 Å². The summed E-state index contributed by atoms with van der Waals surface area (Å²) in [5, 5.41) is 13.1. The number of benzene rings is 2. The van der Waals surface area contributed by atoms with Crippen LogP contribution in [0.3, 0.4) is 0 Å². The molecule has 6 heteroatoms. The minimum atomic E-state index is 0.201. The van der Waals surface area contributed by atoms with Crippen LogP contribution in [-0.4, -0.2) is 37.1 Å². The molecule has 3 rings (SSSR count). The summed E-state index contributed by atoms with van der Waals surface area (Å²) in [5.74, 6) is 0.781. The third-order valence-corrected chi connectivity index (χ3v) is 4.57. The monoisotopic (exact) mass is 344 g/mol. The van der Waals surface area contributed by atoms with Gasteiger partial charge in [-0.15, -0.1) is 11.3 Å². The van der Waals surface area contributed by atoms with Crippen LogP contribution in [0.1, 0.15) is 6.42 Å². The summed E-state index contributed by atoms with van der Waals surface area (Å²) in [6.07, 6.45) is 0.743. The van der Waals surface area contributed by atoms with Crippen LogP contribution >= 0.6 is 11.3 Å². The quantitative estimate of drug-likeness (QED) is 0.481. The first-order chi connectivity index (χ1) is 11.8. The number of fused-ring (bicyclic) bond motifs is 1. The summed E-state index contributed by atoms with van der Waals surface area (Å²) in [6.45, 7) is 1.20. The Hall–Kier alpha value is -2.15. The lowest BCUT2D eigenvalue weighted by molar-refractivity contribution is 0.0512. The SMILES string of the molecule is COCOc1ccc2nc(-c3ccc(NCCCO)cc3)sc2c1. The maximum atomic E-state index is 8.81. The fourth-order valence-corrected chi connectivity index (χ4v) is 3.29. The van der Waals surface area contributed by atoms with Crippen LogP contribution in [-0.2, 0) is 4.74 Å². The second kappa shape index (κ2) is 8.10. The Morgan fingerprint density at radius 2 is 2.00 bits per heavy atom. The lowest BCUT2D eigenvalue weighted by Gasteiger charge is -2.05. The number of aromatic nitrogens is 1. The van der Waals surface area contributed by atoms with Crippen molar-refractivity contribution >= 4 is 27.2 Å². The lowest BCUT2D eigenvalue weighted by atomic mass is 10.2. The number of ether oxygens (including phenoxy) is 2. The van der Waals surface area contributed by atoms with Crippen LogP contribution in [0.5, 0.6) is 5.75 Å². The van der Waals surface area contributed by atoms with E-state index in [9.17, 15) is 0 Å². The molecule has 0 saturated heterocycles. The van der Waals surface area contributed by atoms with Crippen molar-refractivity contribution in [1.29, 1.82) is 0 Å². The molecule has 1 aromatic heterocycles. The third-order valence-electron chi connectivity index (χ3n) is 3.50. The second-order valence-electron chi connectivity index (χ2n) is 5.28. The summed E-state index contributed by atoms with van der Waals surface area (Å²) in [6, 6.07) is 14.0. The average molecular weight is 344 g/mol. The summed E-state index contributed by atoms with van der Waals surface area (Å²) in [7, 11) is 1.60. The van der Waals surface area contributed by atoms with Gasteiger partial charge in [0.05, 0.1) is 10.2 Å². The van der Waals surface area contributed by atoms with Crippen molar-refractivity contribution in [2.45, 2.75) is 6.42 Å². The highest BCUT2D eigenvalue weighted by Gasteiger charge is 2.07. The molecule has 2 aromatic carbocycles. The van der Waals surface area contributed by atoms with Crippen LogP contribution in [0.2, 0.25) is 0 Å². The highest BCUT2D eigenvalue weighted by atomic mass is 32.1. The maximum Gasteiger partial charge on any atom is 0.188 e. The van der Waals surface area contributed by atoms with Gasteiger partial charge in [0.2, 0.25) is 0 Å². The van der Waals surface area contributed by atoms with Crippen molar-refractivity contribution in [3.8, 4) is 16.3 Å². The smallest absolute Gasteiger partial charge is 0.188 e. The molecule has 0 aliphatic heterocycles. The van der Waals surface area contributed by atoms with Crippen LogP contribution < -0.4 is 10.1 Å². The predicted octanol–water partition coefficient (Wildman–Crippen LogP) is 3.74. The molecule has 0 radical (unpaired) electrons. The number of aliphatic hydroxyl groups excluding tert-OH is 1. The first-order valence-electron chi connectivity index (χ1n) is 7.77. The molecule has 0 spiro atoms. The Kier molecular flexibility index (Phi) is 5.63. The summed E-state index contributed by atoms with van der Waals surface area (Å²) in [5.41, 5.74) is 3.09. The van der Waals surface area contributed by atoms with E-state index in [2.05, 4.69) is 22.4 Å². The molecule has 0 amide bonds. The highest BCUT2D eigenvalue weighted by molar-refractivity contribution is 7.21. The number of nitrogens with one attached hydrogen (secondary N) is 1. The molecule has 0 aliphatic rings. The van der Waals surface area contributed by atoms with E-state index in [-0.39, 0.29) is 13.4 Å². The maximum absolute atomic E-state index is 8.81. The van der Waals surface area contributed by atoms with E-state index >= 15 is 0 Å². The number of methoxy groups -OCH3 is 1.